The van der Waals surface area contributed by atoms with Crippen LogP contribution in [0, 0.1) is 0 Å². The molecule has 0 unspecified atom stereocenters. The van der Waals surface area contributed by atoms with Crippen molar-refractivity contribution in [3.63, 3.8) is 0 Å². The molecule has 0 aliphatic rings. The van der Waals surface area contributed by atoms with Gasteiger partial charge >= 0.3 is 0 Å². The molecule has 0 aromatic carbocycles. The van der Waals surface area contributed by atoms with Gasteiger partial charge < -0.3 is 10.9 Å². The number of rotatable bonds is 0. The van der Waals surface area contributed by atoms with Gasteiger partial charge in [-0.1, -0.05) is 0 Å². The second-order valence-electron chi connectivity index (χ2n) is 0. The quantitative estimate of drug-likeness (QED) is 0.493. The Morgan fingerprint density at radius 1 is 1.25 bits per heavy atom. The van der Waals surface area contributed by atoms with Crippen LogP contribution >= 0.6 is 0 Å². The minimum absolute atomic E-state index is 0. The van der Waals surface area contributed by atoms with E-state index in [9.17, 15) is 0 Å². The van der Waals surface area contributed by atoms with Crippen LogP contribution in [-0.2, 0) is 24.3 Å². The van der Waals surface area contributed by atoms with Gasteiger partial charge in [-0.3, -0.25) is 0 Å². The Hall–Kier alpha value is 0.253. The largest absolute Gasteiger partial charge is 0.344 e. The average Bonchev–Trinajstić information content (AvgIpc) is 1.00. The molecule has 0 spiro atoms. The van der Waals surface area contributed by atoms with Gasteiger partial charge in [-0.05, 0) is 0 Å². The van der Waals surface area contributed by atoms with Crippen LogP contribution in [0.3, 0.4) is 0 Å². The average molecular weight is 150 g/mol. The summed E-state index contributed by atoms with van der Waals surface area (Å²) in [4.78, 5) is 8.00. The van der Waals surface area contributed by atoms with Gasteiger partial charge in [0.1, 0.15) is 6.79 Å². The van der Waals surface area contributed by atoms with Gasteiger partial charge in [0.2, 0.25) is 0 Å². The molecule has 2 nitrogen and oxygen atoms in total. The number of hydrogen-bond acceptors (Lipinski definition) is 2. The maximum absolute atomic E-state index is 8.00. The molecule has 3 heteroatoms. The summed E-state index contributed by atoms with van der Waals surface area (Å²) < 4.78 is 0. The molecule has 0 fully saturated rings. The van der Waals surface area contributed by atoms with E-state index in [1.165, 1.54) is 0 Å². The van der Waals surface area contributed by atoms with Crippen LogP contribution < -0.4 is 6.15 Å². The first-order valence-electron chi connectivity index (χ1n) is 0.289. The standard InChI is InChI=1S/CH2O.H3N.Rh/c1-2;;/h1H2;1H3;. The number of carbonyl (C=O) groups excluding carboxylic acids is 1. The van der Waals surface area contributed by atoms with Crippen LogP contribution in [0.15, 0.2) is 0 Å². The Balaban J connectivity index is -0.00000000500. The molecule has 0 saturated carbocycles. The van der Waals surface area contributed by atoms with Crippen LogP contribution in [0.5, 0.6) is 0 Å². The summed E-state index contributed by atoms with van der Waals surface area (Å²) in [6, 6.07) is 0. The Morgan fingerprint density at radius 2 is 1.25 bits per heavy atom. The van der Waals surface area contributed by atoms with Crippen molar-refractivity contribution in [3.8, 4) is 0 Å². The van der Waals surface area contributed by atoms with Gasteiger partial charge in [-0.25, -0.2) is 0 Å². The molecule has 0 aromatic heterocycles. The zero-order valence-electron chi connectivity index (χ0n) is 2.16. The Morgan fingerprint density at radius 3 is 1.25 bits per heavy atom. The van der Waals surface area contributed by atoms with Crippen LogP contribution in [0.2, 0.25) is 0 Å². The third-order valence-corrected chi connectivity index (χ3v) is 0. The van der Waals surface area contributed by atoms with E-state index in [-0.39, 0.29) is 25.6 Å². The molecule has 0 saturated heterocycles. The molecule has 3 N–H and O–H groups in total. The van der Waals surface area contributed by atoms with Gasteiger partial charge in [0.15, 0.2) is 0 Å². The van der Waals surface area contributed by atoms with Crippen LogP contribution in [-0.4, -0.2) is 6.79 Å². The number of carbonyl (C=O) groups is 1. The summed E-state index contributed by atoms with van der Waals surface area (Å²) in [7, 11) is 0. The fourth-order valence-electron chi connectivity index (χ4n) is 0. The van der Waals surface area contributed by atoms with E-state index >= 15 is 0 Å². The summed E-state index contributed by atoms with van der Waals surface area (Å²) in [6.45, 7) is 2.00. The smallest absolute Gasteiger partial charge is 0.106 e. The molecule has 0 atom stereocenters. The molecule has 29 valence electrons. The summed E-state index contributed by atoms with van der Waals surface area (Å²) in [6.07, 6.45) is 0. The van der Waals surface area contributed by atoms with E-state index in [1.807, 2.05) is 6.79 Å². The first kappa shape index (κ1) is 28.7. The molecule has 0 aliphatic carbocycles. The van der Waals surface area contributed by atoms with E-state index in [0.29, 0.717) is 0 Å². The first-order chi connectivity index (χ1) is 1.00. The van der Waals surface area contributed by atoms with E-state index in [2.05, 4.69) is 0 Å². The topological polar surface area (TPSA) is 52.1 Å². The number of hydrogen-bond donors (Lipinski definition) is 1. The molecule has 0 amide bonds. The predicted octanol–water partition coefficient (Wildman–Crippen LogP) is -0.0254. The third kappa shape index (κ3) is 55.1. The minimum Gasteiger partial charge on any atom is -0.344 e. The van der Waals surface area contributed by atoms with Crippen molar-refractivity contribution in [2.45, 2.75) is 0 Å². The Labute approximate surface area is 37.9 Å². The van der Waals surface area contributed by atoms with Crippen molar-refractivity contribution in [3.05, 3.63) is 0 Å². The maximum Gasteiger partial charge on any atom is 0.106 e. The van der Waals surface area contributed by atoms with Crippen LogP contribution in [0.4, 0.5) is 0 Å². The van der Waals surface area contributed by atoms with Crippen molar-refractivity contribution in [2.75, 3.05) is 0 Å². The SMILES string of the molecule is C=O.N.[Rh]. The first-order valence-corrected chi connectivity index (χ1v) is 0.289. The van der Waals surface area contributed by atoms with Gasteiger partial charge in [-0.2, -0.15) is 0 Å². The van der Waals surface area contributed by atoms with Gasteiger partial charge in [0, 0.05) is 19.5 Å². The fraction of sp³-hybridized carbons (Fsp3) is 0. The van der Waals surface area contributed by atoms with E-state index < -0.39 is 0 Å². The van der Waals surface area contributed by atoms with Crippen molar-refractivity contribution in [1.29, 1.82) is 0 Å². The molecular formula is CH5NORh. The van der Waals surface area contributed by atoms with E-state index in [4.69, 9.17) is 4.79 Å². The molecule has 4 heavy (non-hydrogen) atoms. The molecule has 0 aliphatic heterocycles. The molecule has 0 aromatic rings. The Kier molecular flexibility index (Phi) is 1840. The summed E-state index contributed by atoms with van der Waals surface area (Å²) >= 11 is 0. The van der Waals surface area contributed by atoms with Crippen molar-refractivity contribution >= 4 is 6.79 Å². The molecule has 0 heterocycles. The second-order valence-corrected chi connectivity index (χ2v) is 0. The summed E-state index contributed by atoms with van der Waals surface area (Å²) in [5, 5.41) is 0. The van der Waals surface area contributed by atoms with Gasteiger partial charge in [0.05, 0.1) is 0 Å². The third-order valence-electron chi connectivity index (χ3n) is 0. The summed E-state index contributed by atoms with van der Waals surface area (Å²) in [5.41, 5.74) is 0. The Bertz CT molecular complexity index is 8.00. The van der Waals surface area contributed by atoms with Crippen molar-refractivity contribution in [1.82, 2.24) is 6.15 Å². The zero-order valence-corrected chi connectivity index (χ0v) is 3.79. The molecule has 1 radical (unpaired) electrons. The van der Waals surface area contributed by atoms with Crippen LogP contribution in [0.25, 0.3) is 0 Å². The van der Waals surface area contributed by atoms with Gasteiger partial charge in [-0.15, -0.1) is 0 Å². The summed E-state index contributed by atoms with van der Waals surface area (Å²) in [5.74, 6) is 0. The normalized spacial score (nSPS) is 1.00. The minimum atomic E-state index is 0. The molecule has 0 rings (SSSR count). The van der Waals surface area contributed by atoms with Crippen molar-refractivity contribution in [2.24, 2.45) is 0 Å². The van der Waals surface area contributed by atoms with E-state index in [1.54, 1.807) is 0 Å². The molecule has 0 bridgehead atoms. The van der Waals surface area contributed by atoms with Gasteiger partial charge in [0.25, 0.3) is 0 Å². The fourth-order valence-corrected chi connectivity index (χ4v) is 0. The maximum atomic E-state index is 8.00. The zero-order chi connectivity index (χ0) is 2.00. The predicted molar refractivity (Wildman–Crippen MR) is 12.1 cm³/mol. The van der Waals surface area contributed by atoms with Crippen molar-refractivity contribution < 1.29 is 24.3 Å². The molecular weight excluding hydrogens is 145 g/mol. The second kappa shape index (κ2) is 257. The van der Waals surface area contributed by atoms with E-state index in [0.717, 1.165) is 0 Å². The monoisotopic (exact) mass is 150 g/mol. The van der Waals surface area contributed by atoms with Crippen LogP contribution in [0.1, 0.15) is 0 Å².